The number of carbonyl (C=O) groups is 1. The van der Waals surface area contributed by atoms with Crippen LogP contribution in [0.3, 0.4) is 0 Å². The third-order valence-electron chi connectivity index (χ3n) is 1.90. The first-order valence-electron chi connectivity index (χ1n) is 5.03. The monoisotopic (exact) mass is 297 g/mol. The Hall–Kier alpha value is -0.820. The molecule has 1 rings (SSSR count). The van der Waals surface area contributed by atoms with Crippen molar-refractivity contribution < 1.29 is 22.1 Å². The van der Waals surface area contributed by atoms with Crippen LogP contribution in [0, 0.1) is 0 Å². The van der Waals surface area contributed by atoms with Crippen LogP contribution >= 0.6 is 11.8 Å². The molecule has 18 heavy (non-hydrogen) atoms. The third-order valence-corrected chi connectivity index (χ3v) is 4.13. The van der Waals surface area contributed by atoms with Crippen LogP contribution in [0.1, 0.15) is 6.92 Å². The van der Waals surface area contributed by atoms with Crippen LogP contribution in [0.4, 0.5) is 13.2 Å². The van der Waals surface area contributed by atoms with Crippen molar-refractivity contribution in [3.8, 4) is 0 Å². The van der Waals surface area contributed by atoms with Gasteiger partial charge in [-0.1, -0.05) is 6.92 Å². The number of thioether (sulfide) groups is 1. The van der Waals surface area contributed by atoms with Crippen molar-refractivity contribution in [3.05, 3.63) is 24.3 Å². The fourth-order valence-electron chi connectivity index (χ4n) is 1.10. The van der Waals surface area contributed by atoms with E-state index in [0.717, 1.165) is 10.6 Å². The summed E-state index contributed by atoms with van der Waals surface area (Å²) >= 11 is 0.428. The average molecular weight is 297 g/mol. The highest BCUT2D eigenvalue weighted by molar-refractivity contribution is 7.99. The number of hydrogen-bond donors (Lipinski definition) is 0. The average Bonchev–Trinajstić information content (AvgIpc) is 2.29. The summed E-state index contributed by atoms with van der Waals surface area (Å²) < 4.78 is 40.4. The van der Waals surface area contributed by atoms with Gasteiger partial charge in [-0.3, -0.25) is 0 Å². The minimum absolute atomic E-state index is 0.563. The van der Waals surface area contributed by atoms with Gasteiger partial charge in [-0.15, -0.1) is 11.8 Å². The molecule has 1 atom stereocenters. The fraction of sp³-hybridized carbons (Fsp3) is 0.364. The summed E-state index contributed by atoms with van der Waals surface area (Å²) in [7, 11) is 0. The van der Waals surface area contributed by atoms with Crippen molar-refractivity contribution in [1.29, 1.82) is 0 Å². The molecule has 0 aliphatic rings. The standard InChI is InChI=1S/C11H12F3O2S2/c1-3-17-8-4-6-9(7-5-8)18(2)16-10(15)11(12,13)14/h4-7H,3H2,1-2H3/q+1. The summed E-state index contributed by atoms with van der Waals surface area (Å²) in [6.07, 6.45) is -3.51. The molecule has 0 saturated carbocycles. The Balaban J connectivity index is 2.67. The van der Waals surface area contributed by atoms with Crippen molar-refractivity contribution >= 4 is 28.9 Å². The Morgan fingerprint density at radius 2 is 1.89 bits per heavy atom. The van der Waals surface area contributed by atoms with E-state index in [4.69, 9.17) is 0 Å². The van der Waals surface area contributed by atoms with Gasteiger partial charge in [-0.2, -0.15) is 13.2 Å². The molecule has 1 aromatic carbocycles. The predicted octanol–water partition coefficient (Wildman–Crippen LogP) is 3.43. The molecule has 2 nitrogen and oxygen atoms in total. The minimum atomic E-state index is -4.95. The Labute approximate surface area is 110 Å². The molecule has 1 aromatic rings. The lowest BCUT2D eigenvalue weighted by atomic mass is 10.4. The molecule has 0 heterocycles. The van der Waals surface area contributed by atoms with Gasteiger partial charge in [0.2, 0.25) is 16.1 Å². The van der Waals surface area contributed by atoms with Gasteiger partial charge in [0.25, 0.3) is 0 Å². The number of rotatable bonds is 4. The molecule has 0 aliphatic carbocycles. The number of halogens is 3. The first kappa shape index (κ1) is 15.2. The van der Waals surface area contributed by atoms with Crippen LogP contribution in [-0.4, -0.2) is 24.2 Å². The van der Waals surface area contributed by atoms with Crippen LogP contribution in [0.5, 0.6) is 0 Å². The molecule has 0 radical (unpaired) electrons. The highest BCUT2D eigenvalue weighted by atomic mass is 32.2. The van der Waals surface area contributed by atoms with E-state index in [1.165, 1.54) is 6.26 Å². The Morgan fingerprint density at radius 3 is 2.33 bits per heavy atom. The van der Waals surface area contributed by atoms with Gasteiger partial charge in [-0.25, -0.2) is 8.98 Å². The zero-order chi connectivity index (χ0) is 13.8. The van der Waals surface area contributed by atoms with Gasteiger partial charge < -0.3 is 0 Å². The lowest BCUT2D eigenvalue weighted by molar-refractivity contribution is -0.188. The minimum Gasteiger partial charge on any atom is -0.235 e. The summed E-state index contributed by atoms with van der Waals surface area (Å²) in [5, 5.41) is 0. The topological polar surface area (TPSA) is 26.3 Å². The molecule has 1 unspecified atom stereocenters. The summed E-state index contributed by atoms with van der Waals surface area (Å²) in [5.74, 6) is -1.24. The third kappa shape index (κ3) is 4.45. The highest BCUT2D eigenvalue weighted by Gasteiger charge is 2.45. The molecule has 100 valence electrons. The lowest BCUT2D eigenvalue weighted by Gasteiger charge is -2.04. The maximum absolute atomic E-state index is 12.0. The van der Waals surface area contributed by atoms with Crippen LogP contribution in [0.2, 0.25) is 0 Å². The van der Waals surface area contributed by atoms with E-state index < -0.39 is 23.3 Å². The maximum Gasteiger partial charge on any atom is 0.496 e. The molecule has 0 bridgehead atoms. The predicted molar refractivity (Wildman–Crippen MR) is 66.5 cm³/mol. The normalized spacial score (nSPS) is 13.2. The second-order valence-electron chi connectivity index (χ2n) is 3.23. The molecule has 0 N–H and O–H groups in total. The molecule has 0 aliphatic heterocycles. The molecule has 0 spiro atoms. The largest absolute Gasteiger partial charge is 0.496 e. The number of carbonyl (C=O) groups excluding carboxylic acids is 1. The van der Waals surface area contributed by atoms with Gasteiger partial charge in [0.05, 0.1) is 0 Å². The smallest absolute Gasteiger partial charge is 0.235 e. The zero-order valence-corrected chi connectivity index (χ0v) is 11.4. The van der Waals surface area contributed by atoms with Gasteiger partial charge in [-0.05, 0) is 30.0 Å². The molecular weight excluding hydrogens is 285 g/mol. The van der Waals surface area contributed by atoms with Crippen molar-refractivity contribution in [2.45, 2.75) is 22.9 Å². The molecular formula is C11H12F3O2S2+. The summed E-state index contributed by atoms with van der Waals surface area (Å²) in [5.41, 5.74) is 0. The second kappa shape index (κ2) is 6.38. The Kier molecular flexibility index (Phi) is 5.40. The van der Waals surface area contributed by atoms with Crippen LogP contribution < -0.4 is 0 Å². The number of benzene rings is 1. The van der Waals surface area contributed by atoms with E-state index in [1.54, 1.807) is 36.0 Å². The van der Waals surface area contributed by atoms with Gasteiger partial charge in [0.15, 0.2) is 0 Å². The molecule has 0 aromatic heterocycles. The van der Waals surface area contributed by atoms with Crippen LogP contribution in [0.15, 0.2) is 34.1 Å². The zero-order valence-electron chi connectivity index (χ0n) is 9.78. The van der Waals surface area contributed by atoms with E-state index in [0.29, 0.717) is 4.90 Å². The molecule has 0 saturated heterocycles. The summed E-state index contributed by atoms with van der Waals surface area (Å²) in [6, 6.07) is 6.94. The number of hydrogen-bond acceptors (Lipinski definition) is 3. The van der Waals surface area contributed by atoms with Crippen LogP contribution in [-0.2, 0) is 20.2 Å². The SMILES string of the molecule is CCSc1ccc([S+](C)OC(=O)C(F)(F)F)cc1. The van der Waals surface area contributed by atoms with E-state index >= 15 is 0 Å². The van der Waals surface area contributed by atoms with Gasteiger partial charge in [0, 0.05) is 4.90 Å². The van der Waals surface area contributed by atoms with E-state index in [-0.39, 0.29) is 0 Å². The molecule has 0 amide bonds. The Bertz CT molecular complexity index is 404. The second-order valence-corrected chi connectivity index (χ2v) is 6.11. The van der Waals surface area contributed by atoms with Crippen molar-refractivity contribution in [2.75, 3.05) is 12.0 Å². The van der Waals surface area contributed by atoms with E-state index in [9.17, 15) is 18.0 Å². The number of alkyl halides is 3. The summed E-state index contributed by atoms with van der Waals surface area (Å²) in [6.45, 7) is 2.01. The first-order chi connectivity index (χ1) is 8.34. The van der Waals surface area contributed by atoms with Gasteiger partial charge >= 0.3 is 12.1 Å². The van der Waals surface area contributed by atoms with Crippen molar-refractivity contribution in [2.24, 2.45) is 0 Å². The van der Waals surface area contributed by atoms with E-state index in [1.807, 2.05) is 6.92 Å². The van der Waals surface area contributed by atoms with Crippen molar-refractivity contribution in [3.63, 3.8) is 0 Å². The van der Waals surface area contributed by atoms with Gasteiger partial charge in [0.1, 0.15) is 6.26 Å². The molecule has 7 heteroatoms. The van der Waals surface area contributed by atoms with E-state index in [2.05, 4.69) is 4.18 Å². The quantitative estimate of drug-likeness (QED) is 0.629. The maximum atomic E-state index is 12.0. The first-order valence-corrected chi connectivity index (χ1v) is 7.57. The highest BCUT2D eigenvalue weighted by Crippen LogP contribution is 2.23. The fourth-order valence-corrected chi connectivity index (χ4v) is 2.70. The lowest BCUT2D eigenvalue weighted by Crippen LogP contribution is -2.27. The Morgan fingerprint density at radius 1 is 1.33 bits per heavy atom. The summed E-state index contributed by atoms with van der Waals surface area (Å²) in [4.78, 5) is 12.3. The van der Waals surface area contributed by atoms with Crippen molar-refractivity contribution in [1.82, 2.24) is 0 Å². The molecule has 0 fully saturated rings. The van der Waals surface area contributed by atoms with Crippen LogP contribution in [0.25, 0.3) is 0 Å².